The molecule has 6 nitrogen and oxygen atoms in total. The molecule has 0 saturated heterocycles. The topological polar surface area (TPSA) is 118 Å². The lowest BCUT2D eigenvalue weighted by atomic mass is 10.1. The van der Waals surface area contributed by atoms with Crippen LogP contribution in [-0.4, -0.2) is 69.8 Å². The van der Waals surface area contributed by atoms with Gasteiger partial charge in [-0.1, -0.05) is 0 Å². The van der Waals surface area contributed by atoms with Crippen LogP contribution >= 0.6 is 0 Å². The van der Waals surface area contributed by atoms with E-state index < -0.39 is 37.1 Å². The number of hydrogen-bond donors (Lipinski definition) is 5. The van der Waals surface area contributed by atoms with Crippen LogP contribution in [0.25, 0.3) is 0 Å². The summed E-state index contributed by atoms with van der Waals surface area (Å²) >= 11 is 0. The molecule has 0 amide bonds. The monoisotopic (exact) mass is 192 g/mol. The van der Waals surface area contributed by atoms with Crippen molar-refractivity contribution in [1.29, 1.82) is 7.16 Å². The van der Waals surface area contributed by atoms with Gasteiger partial charge in [0.15, 0.2) is 5.78 Å². The molecule has 72 valence electrons. The first-order valence-corrected chi connectivity index (χ1v) is 2.47. The lowest BCUT2D eigenvalue weighted by Gasteiger charge is -2.19. The molecule has 6 heteroatoms. The molecule has 5 N–H and O–H groups in total. The second-order valence-electron chi connectivity index (χ2n) is 1.52. The third-order valence-corrected chi connectivity index (χ3v) is 0.804. The van der Waals surface area contributed by atoms with Crippen molar-refractivity contribution in [3.05, 3.63) is 0 Å². The Bertz CT molecular complexity index is 463. The van der Waals surface area contributed by atoms with E-state index in [1.807, 2.05) is 0 Å². The average Bonchev–Trinajstić information content (AvgIpc) is 2.57. The summed E-state index contributed by atoms with van der Waals surface area (Å²) in [5.74, 6) is -2.36. The number of carbonyl (C=O) groups excluding carboxylic acids is 1. The smallest absolute Gasteiger partial charge is 0.211 e. The molecule has 0 aliphatic heterocycles. The molecule has 0 heterocycles. The highest BCUT2D eigenvalue weighted by molar-refractivity contribution is 5.84. The third-order valence-electron chi connectivity index (χ3n) is 0.804. The van der Waals surface area contributed by atoms with E-state index in [0.717, 1.165) is 0 Å². The third kappa shape index (κ3) is 2.84. The summed E-state index contributed by atoms with van der Waals surface area (Å²) in [6.45, 7) is -7.53. The van der Waals surface area contributed by atoms with E-state index in [9.17, 15) is 4.79 Å². The summed E-state index contributed by atoms with van der Waals surface area (Å²) in [4.78, 5) is 12.0. The first kappa shape index (κ1) is 2.49. The van der Waals surface area contributed by atoms with Crippen LogP contribution in [0, 0.1) is 0 Å². The molecule has 0 aliphatic rings. The maximum atomic E-state index is 12.0. The first-order valence-electron chi connectivity index (χ1n) is 8.02. The molecule has 0 aliphatic carbocycles. The second kappa shape index (κ2) is 5.18. The summed E-state index contributed by atoms with van der Waals surface area (Å²) in [7, 11) is 0. The van der Waals surface area contributed by atoms with Crippen LogP contribution in [0.4, 0.5) is 0 Å². The van der Waals surface area contributed by atoms with Gasteiger partial charge in [-0.25, -0.2) is 0 Å². The Hall–Kier alpha value is -0.530. The van der Waals surface area contributed by atoms with Gasteiger partial charge in [0.1, 0.15) is 24.8 Å². The number of rotatable bonds is 10. The maximum Gasteiger partial charge on any atom is 0.211 e. The first-order chi connectivity index (χ1) is 10.7. The molecule has 12 heavy (non-hydrogen) atoms. The standard InChI is InChI=1S/C6H12O6/c7-1-3(9)5(11)6(12)4(10)2-8/h3,5-9,11-12H,1-2H2/t3-,5-,6-/m1/s1/i1D2,2D2,3D,5D,6D,7D,8D,9D,11D,12D. The van der Waals surface area contributed by atoms with Gasteiger partial charge in [0.2, 0.25) is 7.16 Å². The summed E-state index contributed by atoms with van der Waals surface area (Å²) in [6, 6.07) is 0. The van der Waals surface area contributed by atoms with E-state index in [0.29, 0.717) is 0 Å². The van der Waals surface area contributed by atoms with Crippen LogP contribution in [0.5, 0.6) is 0 Å². The van der Waals surface area contributed by atoms with Crippen molar-refractivity contribution in [2.45, 2.75) is 18.2 Å². The SMILES string of the molecule is [2H]OC([2H])([2H])C(=O)[C@@]([2H])(O[2H])[C@]([2H])(O[2H])[C@]([2H])(O[2H])C([2H])([2H])O[2H]. The van der Waals surface area contributed by atoms with Gasteiger partial charge in [-0.2, -0.15) is 0 Å². The average molecular weight is 192 g/mol. The second-order valence-corrected chi connectivity index (χ2v) is 1.52. The minimum Gasteiger partial charge on any atom is -0.394 e. The largest absolute Gasteiger partial charge is 0.394 e. The molecule has 0 aromatic carbocycles. The van der Waals surface area contributed by atoms with E-state index in [2.05, 4.69) is 25.5 Å². The molecule has 0 fully saturated rings. The lowest BCUT2D eigenvalue weighted by molar-refractivity contribution is -0.142. The van der Waals surface area contributed by atoms with Gasteiger partial charge in [0.05, 0.1) is 16.2 Å². The summed E-state index contributed by atoms with van der Waals surface area (Å²) in [5, 5.41) is 17.7. The normalized spacial score (nSPS) is 42.7. The molecule has 0 spiro atoms. The van der Waals surface area contributed by atoms with Crippen molar-refractivity contribution in [1.82, 2.24) is 0 Å². The summed E-state index contributed by atoms with van der Waals surface area (Å²) in [6.07, 6.45) is -12.2. The van der Waals surface area contributed by atoms with Gasteiger partial charge >= 0.3 is 0 Å². The predicted octanol–water partition coefficient (Wildman–Crippen LogP) is -3.38. The van der Waals surface area contributed by atoms with Crippen LogP contribution < -0.4 is 0 Å². The van der Waals surface area contributed by atoms with E-state index in [-0.39, 0.29) is 0 Å². The van der Waals surface area contributed by atoms with Crippen molar-refractivity contribution in [3.63, 3.8) is 0 Å². The number of ketones is 1. The Labute approximate surface area is 86.0 Å². The highest BCUT2D eigenvalue weighted by Crippen LogP contribution is 2.00. The number of aliphatic hydroxyl groups is 5. The van der Waals surface area contributed by atoms with Gasteiger partial charge in [0.25, 0.3) is 0 Å². The minimum atomic E-state index is -4.13. The molecule has 3 atom stereocenters. The zero-order valence-corrected chi connectivity index (χ0v) is 5.45. The van der Waals surface area contributed by atoms with E-state index in [1.165, 1.54) is 0 Å². The lowest BCUT2D eigenvalue weighted by Crippen LogP contribution is -2.44. The van der Waals surface area contributed by atoms with Gasteiger partial charge in [-0.05, 0) is 0 Å². The molecule has 0 unspecified atom stereocenters. The minimum absolute atomic E-state index is 2.36. The maximum absolute atomic E-state index is 12.0. The predicted molar refractivity (Wildman–Crippen MR) is 37.2 cm³/mol. The van der Waals surface area contributed by atoms with E-state index >= 15 is 0 Å². The van der Waals surface area contributed by atoms with Gasteiger partial charge in [-0.15, -0.1) is 0 Å². The van der Waals surface area contributed by atoms with Crippen LogP contribution in [0.3, 0.4) is 0 Å². The van der Waals surface area contributed by atoms with Gasteiger partial charge in [0, 0.05) is 0 Å². The van der Waals surface area contributed by atoms with E-state index in [4.69, 9.17) is 16.8 Å². The number of Topliss-reactive ketones (excluding diaryl/α,β-unsaturated/α-hetero) is 1. The van der Waals surface area contributed by atoms with Crippen molar-refractivity contribution < 1.29 is 39.9 Å². The van der Waals surface area contributed by atoms with Crippen LogP contribution in [-0.2, 0) is 4.79 Å². The summed E-state index contributed by atoms with van der Waals surface area (Å²) < 4.78 is 84.8. The van der Waals surface area contributed by atoms with Crippen molar-refractivity contribution in [2.24, 2.45) is 0 Å². The zero-order valence-electron chi connectivity index (χ0n) is 17.4. The summed E-state index contributed by atoms with van der Waals surface area (Å²) in [5.41, 5.74) is 0. The Morgan fingerprint density at radius 3 is 2.92 bits per heavy atom. The zero-order chi connectivity index (χ0) is 19.6. The molecular formula is C6H12O6. The van der Waals surface area contributed by atoms with Gasteiger partial charge in [-0.3, -0.25) is 4.79 Å². The molecule has 0 aromatic rings. The van der Waals surface area contributed by atoms with E-state index in [1.54, 1.807) is 0 Å². The van der Waals surface area contributed by atoms with Crippen molar-refractivity contribution in [2.75, 3.05) is 13.1 Å². The molecule has 0 rings (SSSR count). The van der Waals surface area contributed by atoms with Crippen LogP contribution in [0.2, 0.25) is 0 Å². The van der Waals surface area contributed by atoms with Gasteiger partial charge < -0.3 is 25.5 Å². The Kier molecular flexibility index (Phi) is 1.07. The Balaban J connectivity index is 6.58. The highest BCUT2D eigenvalue weighted by atomic mass is 16.4. The highest BCUT2D eigenvalue weighted by Gasteiger charge is 2.28. The molecule has 0 saturated carbocycles. The molecule has 0 aromatic heterocycles. The fraction of sp³-hybridized carbons (Fsp3) is 0.833. The molecule has 0 bridgehead atoms. The van der Waals surface area contributed by atoms with Crippen molar-refractivity contribution in [3.8, 4) is 0 Å². The Morgan fingerprint density at radius 1 is 1.50 bits per heavy atom. The fourth-order valence-electron chi connectivity index (χ4n) is 0.299. The quantitative estimate of drug-likeness (QED) is 0.246. The van der Waals surface area contributed by atoms with Crippen molar-refractivity contribution >= 4 is 5.78 Å². The number of hydrogen-bond acceptors (Lipinski definition) is 6. The fourth-order valence-corrected chi connectivity index (χ4v) is 0.299. The molecule has 0 radical (unpaired) electrons. The molecular weight excluding hydrogens is 168 g/mol. The van der Waals surface area contributed by atoms with Crippen LogP contribution in [0.15, 0.2) is 0 Å². The van der Waals surface area contributed by atoms with Crippen LogP contribution in [0.1, 0.15) is 9.60 Å². The Morgan fingerprint density at radius 2 is 2.42 bits per heavy atom. The number of carbonyl (C=O) groups is 1.